The molecule has 0 bridgehead atoms. The highest BCUT2D eigenvalue weighted by molar-refractivity contribution is 5.76. The number of amides is 1. The van der Waals surface area contributed by atoms with Crippen molar-refractivity contribution in [1.82, 2.24) is 19.9 Å². The summed E-state index contributed by atoms with van der Waals surface area (Å²) in [5.41, 5.74) is 1.04. The number of pyridine rings is 1. The first kappa shape index (κ1) is 16.8. The van der Waals surface area contributed by atoms with Gasteiger partial charge in [0, 0.05) is 31.6 Å². The number of aromatic nitrogens is 3. The molecular formula is C18H16F2N4O. The summed E-state index contributed by atoms with van der Waals surface area (Å²) in [5.74, 6) is -0.522. The zero-order valence-corrected chi connectivity index (χ0v) is 13.3. The minimum absolute atomic E-state index is 0.0842. The van der Waals surface area contributed by atoms with Crippen LogP contribution >= 0.6 is 0 Å². The predicted molar refractivity (Wildman–Crippen MR) is 87.9 cm³/mol. The summed E-state index contributed by atoms with van der Waals surface area (Å²) in [4.78, 5) is 20.1. The standard InChI is InChI=1S/C18H16F2N4O/c19-15-3-4-16(20)14(9-15)2-6-18(25)23-11-13-1-5-17(22-10-13)24-8-7-21-12-24/h1,3-5,7-10,12H,2,6,11H2,(H,23,25). The highest BCUT2D eigenvalue weighted by atomic mass is 19.1. The molecule has 0 radical (unpaired) electrons. The van der Waals surface area contributed by atoms with E-state index in [1.807, 2.05) is 12.1 Å². The maximum absolute atomic E-state index is 13.5. The highest BCUT2D eigenvalue weighted by Crippen LogP contribution is 2.12. The van der Waals surface area contributed by atoms with Crippen molar-refractivity contribution < 1.29 is 13.6 Å². The number of nitrogens with one attached hydrogen (secondary N) is 1. The smallest absolute Gasteiger partial charge is 0.220 e. The van der Waals surface area contributed by atoms with Crippen molar-refractivity contribution >= 4 is 5.91 Å². The van der Waals surface area contributed by atoms with Crippen molar-refractivity contribution in [2.24, 2.45) is 0 Å². The lowest BCUT2D eigenvalue weighted by molar-refractivity contribution is -0.121. The van der Waals surface area contributed by atoms with Crippen LogP contribution in [0, 0.1) is 11.6 Å². The first-order chi connectivity index (χ1) is 12.1. The van der Waals surface area contributed by atoms with E-state index in [9.17, 15) is 13.6 Å². The Morgan fingerprint density at radius 2 is 2.08 bits per heavy atom. The van der Waals surface area contributed by atoms with E-state index in [4.69, 9.17) is 0 Å². The van der Waals surface area contributed by atoms with E-state index >= 15 is 0 Å². The second kappa shape index (κ2) is 7.65. The van der Waals surface area contributed by atoms with E-state index in [-0.39, 0.29) is 24.3 Å². The van der Waals surface area contributed by atoms with Crippen LogP contribution in [0.3, 0.4) is 0 Å². The predicted octanol–water partition coefficient (Wildman–Crippen LogP) is 2.79. The number of hydrogen-bond donors (Lipinski definition) is 1. The number of imidazole rings is 1. The SMILES string of the molecule is O=C(CCc1cc(F)ccc1F)NCc1ccc(-n2ccnc2)nc1. The molecule has 128 valence electrons. The van der Waals surface area contributed by atoms with E-state index in [0.717, 1.165) is 29.6 Å². The molecule has 0 aliphatic heterocycles. The topological polar surface area (TPSA) is 59.8 Å². The Bertz CT molecular complexity index is 848. The first-order valence-corrected chi connectivity index (χ1v) is 7.76. The van der Waals surface area contributed by atoms with Gasteiger partial charge in [0.15, 0.2) is 0 Å². The van der Waals surface area contributed by atoms with Gasteiger partial charge in [-0.3, -0.25) is 9.36 Å². The molecule has 0 atom stereocenters. The van der Waals surface area contributed by atoms with Gasteiger partial charge >= 0.3 is 0 Å². The number of carbonyl (C=O) groups is 1. The minimum atomic E-state index is -0.513. The van der Waals surface area contributed by atoms with E-state index in [0.29, 0.717) is 6.54 Å². The van der Waals surface area contributed by atoms with E-state index in [1.54, 1.807) is 29.5 Å². The molecule has 1 N–H and O–H groups in total. The molecule has 0 saturated heterocycles. The second-order valence-corrected chi connectivity index (χ2v) is 5.51. The van der Waals surface area contributed by atoms with Crippen molar-refractivity contribution in [2.45, 2.75) is 19.4 Å². The van der Waals surface area contributed by atoms with Crippen molar-refractivity contribution in [3.05, 3.63) is 78.0 Å². The van der Waals surface area contributed by atoms with Crippen LogP contribution in [0.5, 0.6) is 0 Å². The van der Waals surface area contributed by atoms with E-state index in [1.165, 1.54) is 0 Å². The number of rotatable bonds is 6. The third-order valence-corrected chi connectivity index (χ3v) is 3.70. The quantitative estimate of drug-likeness (QED) is 0.749. The molecule has 5 nitrogen and oxygen atoms in total. The van der Waals surface area contributed by atoms with Crippen LogP contribution in [0.1, 0.15) is 17.5 Å². The van der Waals surface area contributed by atoms with Crippen LogP contribution in [-0.4, -0.2) is 20.4 Å². The summed E-state index contributed by atoms with van der Waals surface area (Å²) < 4.78 is 28.4. The molecule has 1 aromatic carbocycles. The van der Waals surface area contributed by atoms with Crippen LogP contribution in [0.4, 0.5) is 8.78 Å². The van der Waals surface area contributed by atoms with Crippen LogP contribution in [0.2, 0.25) is 0 Å². The average Bonchev–Trinajstić information content (AvgIpc) is 3.16. The van der Waals surface area contributed by atoms with E-state index < -0.39 is 11.6 Å². The monoisotopic (exact) mass is 342 g/mol. The van der Waals surface area contributed by atoms with Gasteiger partial charge in [-0.05, 0) is 41.8 Å². The number of carbonyl (C=O) groups excluding carboxylic acids is 1. The highest BCUT2D eigenvalue weighted by Gasteiger charge is 2.08. The normalized spacial score (nSPS) is 10.6. The molecule has 0 spiro atoms. The van der Waals surface area contributed by atoms with Gasteiger partial charge in [-0.25, -0.2) is 18.7 Å². The minimum Gasteiger partial charge on any atom is -0.352 e. The van der Waals surface area contributed by atoms with Crippen molar-refractivity contribution in [2.75, 3.05) is 0 Å². The van der Waals surface area contributed by atoms with Crippen LogP contribution in [0.25, 0.3) is 5.82 Å². The molecule has 7 heteroatoms. The summed E-state index contributed by atoms with van der Waals surface area (Å²) in [6, 6.07) is 6.91. The van der Waals surface area contributed by atoms with Crippen LogP contribution in [-0.2, 0) is 17.8 Å². The van der Waals surface area contributed by atoms with Gasteiger partial charge in [0.05, 0.1) is 0 Å². The Morgan fingerprint density at radius 3 is 2.80 bits per heavy atom. The fourth-order valence-corrected chi connectivity index (χ4v) is 2.34. The molecule has 0 saturated carbocycles. The zero-order valence-electron chi connectivity index (χ0n) is 13.3. The lowest BCUT2D eigenvalue weighted by Crippen LogP contribution is -2.23. The first-order valence-electron chi connectivity index (χ1n) is 7.76. The van der Waals surface area contributed by atoms with Gasteiger partial charge in [-0.1, -0.05) is 6.07 Å². The number of hydrogen-bond acceptors (Lipinski definition) is 3. The average molecular weight is 342 g/mol. The third kappa shape index (κ3) is 4.47. The zero-order chi connectivity index (χ0) is 17.6. The Balaban J connectivity index is 1.49. The fourth-order valence-electron chi connectivity index (χ4n) is 2.34. The Hall–Kier alpha value is -3.09. The number of halogens is 2. The summed E-state index contributed by atoms with van der Waals surface area (Å²) >= 11 is 0. The maximum atomic E-state index is 13.5. The number of nitrogens with zero attached hydrogens (tertiary/aromatic N) is 3. The summed E-state index contributed by atoms with van der Waals surface area (Å²) in [7, 11) is 0. The van der Waals surface area contributed by atoms with Gasteiger partial charge in [-0.2, -0.15) is 0 Å². The third-order valence-electron chi connectivity index (χ3n) is 3.70. The molecular weight excluding hydrogens is 326 g/mol. The van der Waals surface area contributed by atoms with E-state index in [2.05, 4.69) is 15.3 Å². The van der Waals surface area contributed by atoms with Crippen molar-refractivity contribution in [3.8, 4) is 5.82 Å². The fraction of sp³-hybridized carbons (Fsp3) is 0.167. The molecule has 1 amide bonds. The van der Waals surface area contributed by atoms with Crippen molar-refractivity contribution in [1.29, 1.82) is 0 Å². The molecule has 0 aliphatic carbocycles. The summed E-state index contributed by atoms with van der Waals surface area (Å²) in [5, 5.41) is 2.74. The number of benzene rings is 1. The molecule has 2 heterocycles. The molecule has 25 heavy (non-hydrogen) atoms. The van der Waals surface area contributed by atoms with Crippen LogP contribution in [0.15, 0.2) is 55.2 Å². The van der Waals surface area contributed by atoms with Gasteiger partial charge in [0.25, 0.3) is 0 Å². The lowest BCUT2D eigenvalue weighted by Gasteiger charge is -2.07. The Morgan fingerprint density at radius 1 is 1.20 bits per heavy atom. The second-order valence-electron chi connectivity index (χ2n) is 5.51. The molecule has 2 aromatic heterocycles. The lowest BCUT2D eigenvalue weighted by atomic mass is 10.1. The van der Waals surface area contributed by atoms with Gasteiger partial charge in [0.1, 0.15) is 23.8 Å². The van der Waals surface area contributed by atoms with Gasteiger partial charge in [-0.15, -0.1) is 0 Å². The molecule has 0 unspecified atom stereocenters. The Kier molecular flexibility index (Phi) is 5.13. The Labute approximate surface area is 143 Å². The molecule has 0 aliphatic rings. The van der Waals surface area contributed by atoms with Gasteiger partial charge in [0.2, 0.25) is 5.91 Å². The maximum Gasteiger partial charge on any atom is 0.220 e. The number of aryl methyl sites for hydroxylation is 1. The molecule has 3 rings (SSSR count). The molecule has 3 aromatic rings. The summed E-state index contributed by atoms with van der Waals surface area (Å²) in [6.07, 6.45) is 7.00. The van der Waals surface area contributed by atoms with Gasteiger partial charge < -0.3 is 5.32 Å². The largest absolute Gasteiger partial charge is 0.352 e. The summed E-state index contributed by atoms with van der Waals surface area (Å²) in [6.45, 7) is 0.321. The molecule has 0 fully saturated rings. The van der Waals surface area contributed by atoms with Crippen molar-refractivity contribution in [3.63, 3.8) is 0 Å². The van der Waals surface area contributed by atoms with Crippen LogP contribution < -0.4 is 5.32 Å².